The van der Waals surface area contributed by atoms with Crippen LogP contribution in [0.4, 0.5) is 18.9 Å². The van der Waals surface area contributed by atoms with Crippen LogP contribution in [0.3, 0.4) is 0 Å². The second kappa shape index (κ2) is 6.47. The number of carbonyl (C=O) groups excluding carboxylic acids is 1. The summed E-state index contributed by atoms with van der Waals surface area (Å²) in [7, 11) is 0. The smallest absolute Gasteiger partial charge is 0.326 e. The van der Waals surface area contributed by atoms with Crippen molar-refractivity contribution in [2.75, 3.05) is 11.9 Å². The predicted octanol–water partition coefficient (Wildman–Crippen LogP) is 3.56. The average Bonchev–Trinajstić information content (AvgIpc) is 2.58. The number of alkyl halides is 3. The minimum Gasteiger partial charge on any atom is -0.326 e. The predicted molar refractivity (Wildman–Crippen MR) is 75.1 cm³/mol. The Labute approximate surface area is 121 Å². The summed E-state index contributed by atoms with van der Waals surface area (Å²) in [6, 6.07) is 2.90. The van der Waals surface area contributed by atoms with Gasteiger partial charge in [0, 0.05) is 12.1 Å². The van der Waals surface area contributed by atoms with E-state index in [2.05, 4.69) is 10.6 Å². The molecule has 0 spiro atoms. The Balaban J connectivity index is 2.30. The van der Waals surface area contributed by atoms with E-state index < -0.39 is 12.2 Å². The van der Waals surface area contributed by atoms with Gasteiger partial charge in [0.1, 0.15) is 6.04 Å². The summed E-state index contributed by atoms with van der Waals surface area (Å²) in [5.74, 6) is -0.0852. The Bertz CT molecular complexity index is 514. The maximum absolute atomic E-state index is 13.2. The molecule has 1 aromatic carbocycles. The molecule has 1 unspecified atom stereocenters. The van der Waals surface area contributed by atoms with E-state index in [0.29, 0.717) is 37.9 Å². The molecule has 0 saturated carbocycles. The van der Waals surface area contributed by atoms with Gasteiger partial charge in [-0.2, -0.15) is 13.2 Å². The van der Waals surface area contributed by atoms with Crippen molar-refractivity contribution in [3.05, 3.63) is 29.3 Å². The molecule has 1 aromatic rings. The maximum Gasteiger partial charge on any atom is 0.407 e. The summed E-state index contributed by atoms with van der Waals surface area (Å²) < 4.78 is 39.5. The zero-order valence-corrected chi connectivity index (χ0v) is 11.9. The van der Waals surface area contributed by atoms with E-state index in [1.165, 1.54) is 6.07 Å². The first-order valence-corrected chi connectivity index (χ1v) is 7.14. The summed E-state index contributed by atoms with van der Waals surface area (Å²) in [6.07, 6.45) is -2.03. The summed E-state index contributed by atoms with van der Waals surface area (Å²) in [6.45, 7) is 2.13. The molecule has 1 atom stereocenters. The van der Waals surface area contributed by atoms with Gasteiger partial charge in [0.15, 0.2) is 0 Å². The number of anilines is 1. The highest BCUT2D eigenvalue weighted by molar-refractivity contribution is 5.92. The lowest BCUT2D eigenvalue weighted by atomic mass is 9.99. The van der Waals surface area contributed by atoms with Gasteiger partial charge in [0.25, 0.3) is 0 Å². The first-order chi connectivity index (χ1) is 9.91. The molecule has 21 heavy (non-hydrogen) atoms. The number of halogens is 3. The first kappa shape index (κ1) is 15.8. The molecule has 0 aliphatic carbocycles. The quantitative estimate of drug-likeness (QED) is 0.892. The van der Waals surface area contributed by atoms with Crippen molar-refractivity contribution >= 4 is 11.6 Å². The van der Waals surface area contributed by atoms with Crippen LogP contribution in [0.1, 0.15) is 43.4 Å². The summed E-state index contributed by atoms with van der Waals surface area (Å²) in [5.41, 5.74) is 1.59. The highest BCUT2D eigenvalue weighted by atomic mass is 19.4. The third kappa shape index (κ3) is 3.97. The molecule has 3 nitrogen and oxygen atoms in total. The van der Waals surface area contributed by atoms with Crippen molar-refractivity contribution in [3.8, 4) is 0 Å². The molecule has 0 radical (unpaired) electrons. The lowest BCUT2D eigenvalue weighted by molar-refractivity contribution is -0.157. The van der Waals surface area contributed by atoms with Crippen LogP contribution in [0.2, 0.25) is 0 Å². The van der Waals surface area contributed by atoms with Crippen LogP contribution in [0.5, 0.6) is 0 Å². The van der Waals surface area contributed by atoms with Crippen molar-refractivity contribution in [1.29, 1.82) is 0 Å². The monoisotopic (exact) mass is 300 g/mol. The largest absolute Gasteiger partial charge is 0.407 e. The normalized spacial score (nSPS) is 16.9. The minimum absolute atomic E-state index is 0.0852. The molecule has 0 aromatic heterocycles. The molecule has 1 aliphatic heterocycles. The fraction of sp³-hybridized carbons (Fsp3) is 0.533. The van der Waals surface area contributed by atoms with E-state index in [-0.39, 0.29) is 11.5 Å². The van der Waals surface area contributed by atoms with Gasteiger partial charge >= 0.3 is 6.18 Å². The van der Waals surface area contributed by atoms with Crippen molar-refractivity contribution in [2.45, 2.75) is 44.8 Å². The van der Waals surface area contributed by atoms with Gasteiger partial charge in [-0.3, -0.25) is 4.79 Å². The Kier molecular flexibility index (Phi) is 4.88. The number of carbonyl (C=O) groups is 1. The van der Waals surface area contributed by atoms with E-state index in [1.54, 1.807) is 12.1 Å². The van der Waals surface area contributed by atoms with Crippen LogP contribution in [0.15, 0.2) is 18.2 Å². The Morgan fingerprint density at radius 3 is 2.76 bits per heavy atom. The lowest BCUT2D eigenvalue weighted by Gasteiger charge is -2.23. The molecule has 0 fully saturated rings. The number of rotatable bonds is 4. The van der Waals surface area contributed by atoms with Gasteiger partial charge in [-0.05, 0) is 43.0 Å². The SMILES string of the molecule is CCCNC(c1ccc2c(c1)CCCC(=O)N2)C(F)(F)F. The summed E-state index contributed by atoms with van der Waals surface area (Å²) in [4.78, 5) is 11.5. The van der Waals surface area contributed by atoms with Gasteiger partial charge in [0.05, 0.1) is 0 Å². The third-order valence-electron chi connectivity index (χ3n) is 3.51. The van der Waals surface area contributed by atoms with Crippen LogP contribution in [-0.4, -0.2) is 18.6 Å². The molecule has 1 aliphatic rings. The Hall–Kier alpha value is -1.56. The van der Waals surface area contributed by atoms with Crippen molar-refractivity contribution < 1.29 is 18.0 Å². The maximum atomic E-state index is 13.2. The number of aryl methyl sites for hydroxylation is 1. The zero-order valence-electron chi connectivity index (χ0n) is 11.9. The molecule has 0 bridgehead atoms. The first-order valence-electron chi connectivity index (χ1n) is 7.14. The number of amides is 1. The van der Waals surface area contributed by atoms with Crippen LogP contribution in [0.25, 0.3) is 0 Å². The molecule has 2 rings (SSSR count). The second-order valence-corrected chi connectivity index (χ2v) is 5.25. The fourth-order valence-corrected chi connectivity index (χ4v) is 2.49. The highest BCUT2D eigenvalue weighted by Crippen LogP contribution is 2.35. The number of fused-ring (bicyclic) bond motifs is 1. The van der Waals surface area contributed by atoms with Crippen LogP contribution in [0, 0.1) is 0 Å². The van der Waals surface area contributed by atoms with Crippen molar-refractivity contribution in [3.63, 3.8) is 0 Å². The number of hydrogen-bond acceptors (Lipinski definition) is 2. The molecule has 1 amide bonds. The summed E-state index contributed by atoms with van der Waals surface area (Å²) in [5, 5.41) is 5.27. The minimum atomic E-state index is -4.34. The van der Waals surface area contributed by atoms with E-state index in [0.717, 1.165) is 5.56 Å². The van der Waals surface area contributed by atoms with Crippen LogP contribution < -0.4 is 10.6 Å². The molecule has 1 heterocycles. The van der Waals surface area contributed by atoms with E-state index in [9.17, 15) is 18.0 Å². The van der Waals surface area contributed by atoms with Gasteiger partial charge in [-0.15, -0.1) is 0 Å². The topological polar surface area (TPSA) is 41.1 Å². The van der Waals surface area contributed by atoms with Gasteiger partial charge in [-0.25, -0.2) is 0 Å². The lowest BCUT2D eigenvalue weighted by Crippen LogP contribution is -2.34. The summed E-state index contributed by atoms with van der Waals surface area (Å²) >= 11 is 0. The van der Waals surface area contributed by atoms with Crippen LogP contribution >= 0.6 is 0 Å². The molecule has 116 valence electrons. The zero-order chi connectivity index (χ0) is 15.5. The van der Waals surface area contributed by atoms with Gasteiger partial charge < -0.3 is 10.6 Å². The second-order valence-electron chi connectivity index (χ2n) is 5.25. The Morgan fingerprint density at radius 1 is 1.33 bits per heavy atom. The van der Waals surface area contributed by atoms with Crippen LogP contribution in [-0.2, 0) is 11.2 Å². The number of benzene rings is 1. The van der Waals surface area contributed by atoms with Gasteiger partial charge in [0.2, 0.25) is 5.91 Å². The molecule has 6 heteroatoms. The van der Waals surface area contributed by atoms with Gasteiger partial charge in [-0.1, -0.05) is 19.1 Å². The molecular weight excluding hydrogens is 281 g/mol. The van der Waals surface area contributed by atoms with E-state index >= 15 is 0 Å². The number of hydrogen-bond donors (Lipinski definition) is 2. The number of nitrogens with one attached hydrogen (secondary N) is 2. The van der Waals surface area contributed by atoms with Crippen molar-refractivity contribution in [1.82, 2.24) is 5.32 Å². The third-order valence-corrected chi connectivity index (χ3v) is 3.51. The van der Waals surface area contributed by atoms with E-state index in [1.807, 2.05) is 6.92 Å². The molecule has 2 N–H and O–H groups in total. The average molecular weight is 300 g/mol. The van der Waals surface area contributed by atoms with E-state index in [4.69, 9.17) is 0 Å². The Morgan fingerprint density at radius 2 is 2.10 bits per heavy atom. The molecule has 0 saturated heterocycles. The fourth-order valence-electron chi connectivity index (χ4n) is 2.49. The molecular formula is C15H19F3N2O. The standard InChI is InChI=1S/C15H19F3N2O/c1-2-8-19-14(15(16,17)18)11-6-7-12-10(9-11)4-3-5-13(21)20-12/h6-7,9,14,19H,2-5,8H2,1H3,(H,20,21). The van der Waals surface area contributed by atoms with Crippen molar-refractivity contribution in [2.24, 2.45) is 0 Å². The highest BCUT2D eigenvalue weighted by Gasteiger charge is 2.40.